The Hall–Kier alpha value is -2.83. The highest BCUT2D eigenvalue weighted by Crippen LogP contribution is 2.31. The van der Waals surface area contributed by atoms with Crippen LogP contribution in [-0.4, -0.2) is 46.0 Å². The normalized spacial score (nSPS) is 18.5. The maximum absolute atomic E-state index is 13.0. The van der Waals surface area contributed by atoms with Gasteiger partial charge < -0.3 is 14.4 Å². The molecule has 1 aromatic heterocycles. The van der Waals surface area contributed by atoms with E-state index in [2.05, 4.69) is 4.98 Å². The predicted octanol–water partition coefficient (Wildman–Crippen LogP) is 2.18. The Morgan fingerprint density at radius 1 is 1.35 bits per heavy atom. The summed E-state index contributed by atoms with van der Waals surface area (Å²) in [4.78, 5) is 31.1. The van der Waals surface area contributed by atoms with Crippen molar-refractivity contribution >= 4 is 11.9 Å². The van der Waals surface area contributed by atoms with Gasteiger partial charge in [-0.15, -0.1) is 0 Å². The van der Waals surface area contributed by atoms with Crippen molar-refractivity contribution in [1.29, 1.82) is 0 Å². The highest BCUT2D eigenvalue weighted by atomic mass is 16.5. The average molecular weight is 355 g/mol. The monoisotopic (exact) mass is 355 g/mol. The third kappa shape index (κ3) is 2.83. The predicted molar refractivity (Wildman–Crippen MR) is 93.2 cm³/mol. The van der Waals surface area contributed by atoms with Gasteiger partial charge in [-0.1, -0.05) is 12.1 Å². The molecule has 136 valence electrons. The Kier molecular flexibility index (Phi) is 4.36. The summed E-state index contributed by atoms with van der Waals surface area (Å²) in [7, 11) is 0. The van der Waals surface area contributed by atoms with Crippen LogP contribution in [0.2, 0.25) is 0 Å². The summed E-state index contributed by atoms with van der Waals surface area (Å²) in [5.41, 5.74) is 2.01. The number of carbonyl (C=O) groups excluding carboxylic acids is 2. The van der Waals surface area contributed by atoms with Crippen molar-refractivity contribution in [1.82, 2.24) is 14.5 Å². The van der Waals surface area contributed by atoms with Crippen LogP contribution < -0.4 is 4.74 Å². The SMILES string of the molecule is CCOC(=O)C1CCCN(C(=O)c2ncn3c2COc2ccccc2-3)C1. The maximum Gasteiger partial charge on any atom is 0.310 e. The van der Waals surface area contributed by atoms with Gasteiger partial charge in [0.15, 0.2) is 5.69 Å². The molecule has 2 aliphatic heterocycles. The number of aromatic nitrogens is 2. The number of likely N-dealkylation sites (tertiary alicyclic amines) is 1. The van der Waals surface area contributed by atoms with Crippen molar-refractivity contribution in [2.24, 2.45) is 5.92 Å². The third-order valence-corrected chi connectivity index (χ3v) is 4.89. The quantitative estimate of drug-likeness (QED) is 0.789. The molecule has 3 heterocycles. The summed E-state index contributed by atoms with van der Waals surface area (Å²) in [5.74, 6) is 0.129. The van der Waals surface area contributed by atoms with E-state index in [1.54, 1.807) is 18.2 Å². The molecule has 1 unspecified atom stereocenters. The fraction of sp³-hybridized carbons (Fsp3) is 0.421. The molecule has 0 spiro atoms. The van der Waals surface area contributed by atoms with E-state index in [1.165, 1.54) is 0 Å². The van der Waals surface area contributed by atoms with Crippen LogP contribution in [0.15, 0.2) is 30.6 Å². The Labute approximate surface area is 151 Å². The number of benzene rings is 1. The molecule has 0 saturated carbocycles. The number of carbonyl (C=O) groups is 2. The van der Waals surface area contributed by atoms with Crippen molar-refractivity contribution in [2.75, 3.05) is 19.7 Å². The standard InChI is InChI=1S/C19H21N3O4/c1-2-25-19(24)13-6-5-9-21(10-13)18(23)17-15-11-26-16-8-4-3-7-14(16)22(15)12-20-17/h3-4,7-8,12-13H,2,5-6,9-11H2,1H3. The van der Waals surface area contributed by atoms with Crippen LogP contribution in [0.1, 0.15) is 35.9 Å². The van der Waals surface area contributed by atoms with Gasteiger partial charge in [-0.05, 0) is 31.9 Å². The first-order chi connectivity index (χ1) is 12.7. The minimum Gasteiger partial charge on any atom is -0.485 e. The highest BCUT2D eigenvalue weighted by molar-refractivity contribution is 5.94. The number of piperidine rings is 1. The zero-order valence-electron chi connectivity index (χ0n) is 14.7. The lowest BCUT2D eigenvalue weighted by Gasteiger charge is -2.31. The fourth-order valence-corrected chi connectivity index (χ4v) is 3.59. The molecule has 1 atom stereocenters. The van der Waals surface area contributed by atoms with Gasteiger partial charge >= 0.3 is 5.97 Å². The van der Waals surface area contributed by atoms with Crippen LogP contribution in [0.5, 0.6) is 5.75 Å². The van der Waals surface area contributed by atoms with Crippen molar-refractivity contribution < 1.29 is 19.1 Å². The summed E-state index contributed by atoms with van der Waals surface area (Å²) in [6, 6.07) is 7.67. The smallest absolute Gasteiger partial charge is 0.310 e. The van der Waals surface area contributed by atoms with Crippen molar-refractivity contribution in [2.45, 2.75) is 26.4 Å². The average Bonchev–Trinajstić information content (AvgIpc) is 3.12. The number of ether oxygens (including phenoxy) is 2. The first-order valence-electron chi connectivity index (χ1n) is 8.93. The summed E-state index contributed by atoms with van der Waals surface area (Å²) >= 11 is 0. The second-order valence-corrected chi connectivity index (χ2v) is 6.51. The molecule has 2 aliphatic rings. The number of amides is 1. The van der Waals surface area contributed by atoms with Crippen molar-refractivity contribution in [3.8, 4) is 11.4 Å². The van der Waals surface area contributed by atoms with Gasteiger partial charge in [-0.3, -0.25) is 14.2 Å². The molecule has 7 heteroatoms. The molecule has 2 aromatic rings. The summed E-state index contributed by atoms with van der Waals surface area (Å²) < 4.78 is 12.8. The van der Waals surface area contributed by atoms with Crippen molar-refractivity contribution in [3.63, 3.8) is 0 Å². The molecule has 0 bridgehead atoms. The molecule has 0 aliphatic carbocycles. The number of para-hydroxylation sites is 2. The minimum atomic E-state index is -0.261. The molecule has 1 fully saturated rings. The van der Waals surface area contributed by atoms with Crippen LogP contribution in [0.3, 0.4) is 0 Å². The van der Waals surface area contributed by atoms with E-state index < -0.39 is 0 Å². The molecule has 1 aromatic carbocycles. The van der Waals surface area contributed by atoms with Crippen LogP contribution in [-0.2, 0) is 16.1 Å². The van der Waals surface area contributed by atoms with Crippen molar-refractivity contribution in [3.05, 3.63) is 42.0 Å². The molecule has 7 nitrogen and oxygen atoms in total. The number of imidazole rings is 1. The number of rotatable bonds is 3. The molecular formula is C19H21N3O4. The van der Waals surface area contributed by atoms with Gasteiger partial charge in [0.05, 0.1) is 23.9 Å². The van der Waals surface area contributed by atoms with Gasteiger partial charge in [0.1, 0.15) is 18.7 Å². The first kappa shape index (κ1) is 16.6. The lowest BCUT2D eigenvalue weighted by molar-refractivity contribution is -0.149. The second-order valence-electron chi connectivity index (χ2n) is 6.51. The molecule has 26 heavy (non-hydrogen) atoms. The molecule has 1 amide bonds. The summed E-state index contributed by atoms with van der Waals surface area (Å²) in [5, 5.41) is 0. The fourth-order valence-electron chi connectivity index (χ4n) is 3.59. The number of esters is 1. The molecule has 1 saturated heterocycles. The zero-order chi connectivity index (χ0) is 18.1. The number of hydrogen-bond donors (Lipinski definition) is 0. The van der Waals surface area contributed by atoms with Crippen LogP contribution in [0.25, 0.3) is 5.69 Å². The molecule has 0 radical (unpaired) electrons. The number of hydrogen-bond acceptors (Lipinski definition) is 5. The van der Waals surface area contributed by atoms with E-state index in [-0.39, 0.29) is 17.8 Å². The lowest BCUT2D eigenvalue weighted by Crippen LogP contribution is -2.43. The van der Waals surface area contributed by atoms with Gasteiger partial charge in [0.25, 0.3) is 5.91 Å². The van der Waals surface area contributed by atoms with Gasteiger partial charge in [-0.2, -0.15) is 0 Å². The van der Waals surface area contributed by atoms with E-state index in [4.69, 9.17) is 9.47 Å². The highest BCUT2D eigenvalue weighted by Gasteiger charge is 2.33. The van der Waals surface area contributed by atoms with E-state index >= 15 is 0 Å². The Morgan fingerprint density at radius 3 is 3.04 bits per heavy atom. The Morgan fingerprint density at radius 2 is 2.19 bits per heavy atom. The third-order valence-electron chi connectivity index (χ3n) is 4.89. The number of fused-ring (bicyclic) bond motifs is 3. The summed E-state index contributed by atoms with van der Waals surface area (Å²) in [6.07, 6.45) is 3.20. The Balaban J connectivity index is 1.57. The van der Waals surface area contributed by atoms with Crippen LogP contribution in [0.4, 0.5) is 0 Å². The van der Waals surface area contributed by atoms with Gasteiger partial charge in [-0.25, -0.2) is 4.98 Å². The van der Waals surface area contributed by atoms with E-state index in [0.29, 0.717) is 32.0 Å². The van der Waals surface area contributed by atoms with E-state index in [9.17, 15) is 9.59 Å². The Bertz CT molecular complexity index is 845. The zero-order valence-corrected chi connectivity index (χ0v) is 14.7. The first-order valence-corrected chi connectivity index (χ1v) is 8.93. The molecule has 0 N–H and O–H groups in total. The van der Waals surface area contributed by atoms with E-state index in [1.807, 2.05) is 28.8 Å². The largest absolute Gasteiger partial charge is 0.485 e. The van der Waals surface area contributed by atoms with Gasteiger partial charge in [0, 0.05) is 13.1 Å². The summed E-state index contributed by atoms with van der Waals surface area (Å²) in [6.45, 7) is 3.45. The van der Waals surface area contributed by atoms with Gasteiger partial charge in [0.2, 0.25) is 0 Å². The number of nitrogens with zero attached hydrogens (tertiary/aromatic N) is 3. The minimum absolute atomic E-state index is 0.157. The van der Waals surface area contributed by atoms with Crippen LogP contribution >= 0.6 is 0 Å². The molecule has 4 rings (SSSR count). The lowest BCUT2D eigenvalue weighted by atomic mass is 9.98. The maximum atomic E-state index is 13.0. The van der Waals surface area contributed by atoms with E-state index in [0.717, 1.165) is 30.0 Å². The topological polar surface area (TPSA) is 73.7 Å². The van der Waals surface area contributed by atoms with Crippen LogP contribution in [0, 0.1) is 5.92 Å². The molecular weight excluding hydrogens is 334 g/mol. The second kappa shape index (κ2) is 6.82.